The van der Waals surface area contributed by atoms with E-state index in [9.17, 15) is 14.9 Å². The smallest absolute Gasteiger partial charge is 0.269 e. The van der Waals surface area contributed by atoms with Crippen LogP contribution in [0.5, 0.6) is 0 Å². The van der Waals surface area contributed by atoms with Crippen LogP contribution in [-0.4, -0.2) is 17.9 Å². The summed E-state index contributed by atoms with van der Waals surface area (Å²) in [6, 6.07) is 4.35. The Morgan fingerprint density at radius 1 is 1.52 bits per heavy atom. The Morgan fingerprint density at radius 3 is 2.95 bits per heavy atom. The van der Waals surface area contributed by atoms with Crippen LogP contribution >= 0.6 is 0 Å². The number of amides is 1. The molecule has 0 aliphatic heterocycles. The quantitative estimate of drug-likeness (QED) is 0.496. The Hall–Kier alpha value is -2.21. The van der Waals surface area contributed by atoms with E-state index in [-0.39, 0.29) is 24.1 Å². The lowest BCUT2D eigenvalue weighted by molar-refractivity contribution is -0.384. The maximum Gasteiger partial charge on any atom is 0.269 e. The molecular formula is C15H18N2O4. The average molecular weight is 290 g/mol. The third-order valence-corrected chi connectivity index (χ3v) is 3.43. The number of nitro groups is 1. The Kier molecular flexibility index (Phi) is 5.05. The third-order valence-electron chi connectivity index (χ3n) is 3.43. The molecule has 0 unspecified atom stereocenters. The van der Waals surface area contributed by atoms with Crippen LogP contribution < -0.4 is 5.32 Å². The van der Waals surface area contributed by atoms with Gasteiger partial charge in [-0.2, -0.15) is 0 Å². The highest BCUT2D eigenvalue weighted by molar-refractivity contribution is 5.92. The number of hydrogen-bond acceptors (Lipinski definition) is 4. The van der Waals surface area contributed by atoms with Gasteiger partial charge in [0, 0.05) is 36.9 Å². The van der Waals surface area contributed by atoms with Crippen molar-refractivity contribution in [1.82, 2.24) is 0 Å². The van der Waals surface area contributed by atoms with E-state index >= 15 is 0 Å². The number of nitrogens with one attached hydrogen (secondary N) is 1. The van der Waals surface area contributed by atoms with Gasteiger partial charge in [-0.05, 0) is 24.8 Å². The summed E-state index contributed by atoms with van der Waals surface area (Å²) in [5.41, 5.74) is 1.15. The van der Waals surface area contributed by atoms with E-state index in [1.807, 2.05) is 0 Å². The first kappa shape index (κ1) is 15.2. The first-order valence-electron chi connectivity index (χ1n) is 6.83. The van der Waals surface area contributed by atoms with Crippen LogP contribution in [-0.2, 0) is 16.1 Å². The number of allylic oxidation sites excluding steroid dienone is 2. The summed E-state index contributed by atoms with van der Waals surface area (Å²) < 4.78 is 5.03. The number of carbonyl (C=O) groups excluding carboxylic acids is 1. The second kappa shape index (κ2) is 6.99. The van der Waals surface area contributed by atoms with Crippen LogP contribution in [0.2, 0.25) is 0 Å². The van der Waals surface area contributed by atoms with Crippen LogP contribution in [0.1, 0.15) is 24.8 Å². The lowest BCUT2D eigenvalue weighted by Crippen LogP contribution is -2.16. The van der Waals surface area contributed by atoms with Gasteiger partial charge in [-0.25, -0.2) is 0 Å². The number of ether oxygens (including phenoxy) is 1. The Morgan fingerprint density at radius 2 is 2.33 bits per heavy atom. The van der Waals surface area contributed by atoms with Gasteiger partial charge in [0.25, 0.3) is 5.69 Å². The van der Waals surface area contributed by atoms with Crippen LogP contribution in [0.3, 0.4) is 0 Å². The molecule has 0 radical (unpaired) electrons. The highest BCUT2D eigenvalue weighted by Crippen LogP contribution is 2.25. The topological polar surface area (TPSA) is 81.5 Å². The van der Waals surface area contributed by atoms with Gasteiger partial charge in [0.15, 0.2) is 0 Å². The van der Waals surface area contributed by atoms with E-state index in [0.717, 1.165) is 12.8 Å². The van der Waals surface area contributed by atoms with Crippen molar-refractivity contribution < 1.29 is 14.5 Å². The first-order valence-corrected chi connectivity index (χ1v) is 6.83. The molecule has 0 aromatic heterocycles. The number of anilines is 1. The molecule has 1 aromatic carbocycles. The molecule has 1 aromatic rings. The zero-order chi connectivity index (χ0) is 15.2. The maximum atomic E-state index is 12.0. The van der Waals surface area contributed by atoms with Crippen molar-refractivity contribution in [2.75, 3.05) is 12.4 Å². The molecule has 6 heteroatoms. The molecule has 2 rings (SSSR count). The van der Waals surface area contributed by atoms with Crippen molar-refractivity contribution in [2.24, 2.45) is 5.92 Å². The molecule has 1 N–H and O–H groups in total. The Bertz CT molecular complexity index is 569. The van der Waals surface area contributed by atoms with Crippen molar-refractivity contribution in [1.29, 1.82) is 0 Å². The molecule has 1 aliphatic rings. The number of rotatable bonds is 6. The Labute approximate surface area is 122 Å². The van der Waals surface area contributed by atoms with Crippen LogP contribution in [0.4, 0.5) is 11.4 Å². The van der Waals surface area contributed by atoms with Crippen molar-refractivity contribution in [3.05, 3.63) is 46.0 Å². The maximum absolute atomic E-state index is 12.0. The number of methoxy groups -OCH3 is 1. The fraction of sp³-hybridized carbons (Fsp3) is 0.400. The van der Waals surface area contributed by atoms with Gasteiger partial charge in [0.1, 0.15) is 0 Å². The second-order valence-electron chi connectivity index (χ2n) is 5.05. The number of nitro benzene ring substituents is 1. The predicted octanol–water partition coefficient (Wildman–Crippen LogP) is 3.04. The van der Waals surface area contributed by atoms with Crippen molar-refractivity contribution in [2.45, 2.75) is 25.9 Å². The molecule has 112 valence electrons. The minimum absolute atomic E-state index is 0.0150. The Balaban J connectivity index is 2.08. The van der Waals surface area contributed by atoms with E-state index in [1.54, 1.807) is 6.07 Å². The average Bonchev–Trinajstić information content (AvgIpc) is 2.93. The van der Waals surface area contributed by atoms with Gasteiger partial charge < -0.3 is 10.1 Å². The standard InChI is InChI=1S/C15H18N2O4/c1-21-10-12-9-13(17(19)20)6-7-14(12)16-15(18)8-11-4-2-3-5-11/h2,4,6-7,9,11H,3,5,8,10H2,1H3,(H,16,18)/t11-/m1/s1. The van der Waals surface area contributed by atoms with Gasteiger partial charge in [0.2, 0.25) is 5.91 Å². The van der Waals surface area contributed by atoms with E-state index in [2.05, 4.69) is 17.5 Å². The summed E-state index contributed by atoms with van der Waals surface area (Å²) >= 11 is 0. The fourth-order valence-corrected chi connectivity index (χ4v) is 2.40. The molecule has 1 amide bonds. The SMILES string of the molecule is COCc1cc([N+](=O)[O-])ccc1NC(=O)C[C@@H]1C=CCC1. The van der Waals surface area contributed by atoms with E-state index in [1.165, 1.54) is 19.2 Å². The third kappa shape index (κ3) is 4.13. The highest BCUT2D eigenvalue weighted by Gasteiger charge is 2.16. The summed E-state index contributed by atoms with van der Waals surface area (Å²) in [6.07, 6.45) is 6.59. The van der Waals surface area contributed by atoms with Gasteiger partial charge in [-0.15, -0.1) is 0 Å². The van der Waals surface area contributed by atoms with Crippen LogP contribution in [0.25, 0.3) is 0 Å². The molecule has 21 heavy (non-hydrogen) atoms. The number of carbonyl (C=O) groups is 1. The zero-order valence-corrected chi connectivity index (χ0v) is 11.9. The summed E-state index contributed by atoms with van der Waals surface area (Å²) in [5.74, 6) is 0.201. The van der Waals surface area contributed by atoms with Gasteiger partial charge >= 0.3 is 0 Å². The number of hydrogen-bond donors (Lipinski definition) is 1. The fourth-order valence-electron chi connectivity index (χ4n) is 2.40. The summed E-state index contributed by atoms with van der Waals surface area (Å²) in [7, 11) is 1.51. The minimum Gasteiger partial charge on any atom is -0.380 e. The molecule has 6 nitrogen and oxygen atoms in total. The van der Waals surface area contributed by atoms with E-state index < -0.39 is 4.92 Å². The molecule has 0 saturated heterocycles. The van der Waals surface area contributed by atoms with E-state index in [0.29, 0.717) is 17.7 Å². The van der Waals surface area contributed by atoms with Crippen molar-refractivity contribution in [3.63, 3.8) is 0 Å². The summed E-state index contributed by atoms with van der Waals surface area (Å²) in [5, 5.41) is 13.6. The molecule has 1 atom stereocenters. The molecule has 0 spiro atoms. The minimum atomic E-state index is -0.464. The number of non-ortho nitro benzene ring substituents is 1. The largest absolute Gasteiger partial charge is 0.380 e. The molecule has 0 saturated carbocycles. The van der Waals surface area contributed by atoms with Gasteiger partial charge in [-0.3, -0.25) is 14.9 Å². The van der Waals surface area contributed by atoms with Crippen LogP contribution in [0, 0.1) is 16.0 Å². The zero-order valence-electron chi connectivity index (χ0n) is 11.9. The van der Waals surface area contributed by atoms with E-state index in [4.69, 9.17) is 4.74 Å². The number of benzene rings is 1. The lowest BCUT2D eigenvalue weighted by Gasteiger charge is -2.12. The summed E-state index contributed by atoms with van der Waals surface area (Å²) in [4.78, 5) is 22.4. The van der Waals surface area contributed by atoms with Crippen molar-refractivity contribution in [3.8, 4) is 0 Å². The normalized spacial score (nSPS) is 16.9. The van der Waals surface area contributed by atoms with Crippen LogP contribution in [0.15, 0.2) is 30.4 Å². The lowest BCUT2D eigenvalue weighted by atomic mass is 10.0. The first-order chi connectivity index (χ1) is 10.1. The highest BCUT2D eigenvalue weighted by atomic mass is 16.6. The predicted molar refractivity (Wildman–Crippen MR) is 78.9 cm³/mol. The molecule has 0 fully saturated rings. The molecule has 0 bridgehead atoms. The molecule has 1 aliphatic carbocycles. The van der Waals surface area contributed by atoms with Gasteiger partial charge in [0.05, 0.1) is 11.5 Å². The summed E-state index contributed by atoms with van der Waals surface area (Å²) in [6.45, 7) is 0.209. The molecular weight excluding hydrogens is 272 g/mol. The monoisotopic (exact) mass is 290 g/mol. The molecule has 0 heterocycles. The van der Waals surface area contributed by atoms with Crippen molar-refractivity contribution >= 4 is 17.3 Å². The second-order valence-corrected chi connectivity index (χ2v) is 5.05. The number of nitrogens with zero attached hydrogens (tertiary/aromatic N) is 1. The van der Waals surface area contributed by atoms with Gasteiger partial charge in [-0.1, -0.05) is 12.2 Å².